The molecule has 4 unspecified atom stereocenters. The SMILES string of the molecule is OCC1OC(OCCn2cc(-c3ccc(-c4nn[nH]n4)cc3)nn2)C(O)C(O)C1(O)O. The molecule has 6 N–H and O–H groups in total. The Kier molecular flexibility index (Phi) is 6.01. The second-order valence-corrected chi connectivity index (χ2v) is 6.94. The lowest BCUT2D eigenvalue weighted by atomic mass is 9.95. The van der Waals surface area contributed by atoms with Gasteiger partial charge in [-0.15, -0.1) is 15.3 Å². The van der Waals surface area contributed by atoms with E-state index >= 15 is 0 Å². The Morgan fingerprint density at radius 3 is 2.55 bits per heavy atom. The molecule has 0 radical (unpaired) electrons. The number of tetrazole rings is 1. The van der Waals surface area contributed by atoms with Gasteiger partial charge in [0.05, 0.1) is 26.0 Å². The summed E-state index contributed by atoms with van der Waals surface area (Å²) in [5, 5.41) is 70.4. The molecule has 1 aliphatic rings. The van der Waals surface area contributed by atoms with Gasteiger partial charge in [0.1, 0.15) is 24.0 Å². The summed E-state index contributed by atoms with van der Waals surface area (Å²) in [4.78, 5) is 0. The van der Waals surface area contributed by atoms with Crippen LogP contribution in [0.5, 0.6) is 0 Å². The molecule has 14 nitrogen and oxygen atoms in total. The number of aliphatic hydroxyl groups is 5. The Balaban J connectivity index is 1.33. The van der Waals surface area contributed by atoms with Crippen LogP contribution in [0.3, 0.4) is 0 Å². The van der Waals surface area contributed by atoms with Crippen molar-refractivity contribution in [1.82, 2.24) is 35.6 Å². The average molecular weight is 435 g/mol. The summed E-state index contributed by atoms with van der Waals surface area (Å²) in [6.45, 7) is -0.533. The van der Waals surface area contributed by atoms with E-state index in [0.717, 1.165) is 11.1 Å². The van der Waals surface area contributed by atoms with Crippen molar-refractivity contribution in [3.8, 4) is 22.6 Å². The summed E-state index contributed by atoms with van der Waals surface area (Å²) < 4.78 is 12.0. The van der Waals surface area contributed by atoms with E-state index in [4.69, 9.17) is 9.47 Å². The highest BCUT2D eigenvalue weighted by Crippen LogP contribution is 2.28. The molecule has 0 spiro atoms. The molecule has 1 aromatic carbocycles. The smallest absolute Gasteiger partial charge is 0.221 e. The van der Waals surface area contributed by atoms with Gasteiger partial charge in [0.2, 0.25) is 11.6 Å². The highest BCUT2D eigenvalue weighted by atomic mass is 16.7. The molecule has 3 heterocycles. The van der Waals surface area contributed by atoms with Crippen LogP contribution in [0.2, 0.25) is 0 Å². The van der Waals surface area contributed by atoms with Gasteiger partial charge in [0.15, 0.2) is 6.29 Å². The average Bonchev–Trinajstić information content (AvgIpc) is 3.46. The number of benzene rings is 1. The summed E-state index contributed by atoms with van der Waals surface area (Å²) in [7, 11) is 0. The van der Waals surface area contributed by atoms with E-state index in [1.54, 1.807) is 6.20 Å². The number of rotatable bonds is 7. The molecule has 1 saturated heterocycles. The lowest BCUT2D eigenvalue weighted by Crippen LogP contribution is -2.67. The van der Waals surface area contributed by atoms with E-state index < -0.39 is 37.0 Å². The van der Waals surface area contributed by atoms with Crippen molar-refractivity contribution in [3.63, 3.8) is 0 Å². The number of nitrogens with one attached hydrogen (secondary N) is 1. The number of H-pyrrole nitrogens is 1. The standard InChI is InChI=1S/C17H21N7O7/c25-8-12-17(28,29)14(27)13(26)16(31-12)30-6-5-24-7-11(18-23-24)9-1-3-10(4-2-9)15-19-21-22-20-15/h1-4,7,12-14,16,25-29H,5-6,8H2,(H,19,20,21,22). The fraction of sp³-hybridized carbons (Fsp3) is 0.471. The third-order valence-corrected chi connectivity index (χ3v) is 4.90. The van der Waals surface area contributed by atoms with Crippen LogP contribution in [0, 0.1) is 0 Å². The zero-order valence-corrected chi connectivity index (χ0v) is 16.1. The molecule has 31 heavy (non-hydrogen) atoms. The van der Waals surface area contributed by atoms with Crippen LogP contribution in [0.25, 0.3) is 22.6 Å². The normalized spacial score (nSPS) is 25.6. The summed E-state index contributed by atoms with van der Waals surface area (Å²) in [6, 6.07) is 7.34. The first kappa shape index (κ1) is 21.4. The molecular weight excluding hydrogens is 414 g/mol. The summed E-state index contributed by atoms with van der Waals surface area (Å²) >= 11 is 0. The van der Waals surface area contributed by atoms with Gasteiger partial charge in [-0.1, -0.05) is 29.5 Å². The van der Waals surface area contributed by atoms with Crippen molar-refractivity contribution in [1.29, 1.82) is 0 Å². The molecule has 1 aliphatic heterocycles. The number of aromatic nitrogens is 7. The molecule has 4 atom stereocenters. The summed E-state index contributed by atoms with van der Waals surface area (Å²) in [6.07, 6.45) is -4.90. The molecule has 0 bridgehead atoms. The second-order valence-electron chi connectivity index (χ2n) is 6.94. The van der Waals surface area contributed by atoms with Gasteiger partial charge in [-0.25, -0.2) is 4.68 Å². The fourth-order valence-corrected chi connectivity index (χ4v) is 3.12. The van der Waals surface area contributed by atoms with Crippen LogP contribution in [0.4, 0.5) is 0 Å². The molecule has 14 heteroatoms. The monoisotopic (exact) mass is 435 g/mol. The van der Waals surface area contributed by atoms with E-state index in [1.165, 1.54) is 4.68 Å². The number of hydrogen-bond donors (Lipinski definition) is 6. The predicted octanol–water partition coefficient (Wildman–Crippen LogP) is -2.74. The van der Waals surface area contributed by atoms with E-state index in [1.807, 2.05) is 24.3 Å². The van der Waals surface area contributed by atoms with Crippen molar-refractivity contribution in [2.24, 2.45) is 0 Å². The molecule has 0 saturated carbocycles. The Morgan fingerprint density at radius 1 is 1.13 bits per heavy atom. The van der Waals surface area contributed by atoms with E-state index in [0.29, 0.717) is 11.5 Å². The summed E-state index contributed by atoms with van der Waals surface area (Å²) in [5.41, 5.74) is 2.23. The maximum absolute atomic E-state index is 9.98. The highest BCUT2D eigenvalue weighted by Gasteiger charge is 2.54. The van der Waals surface area contributed by atoms with Crippen molar-refractivity contribution in [3.05, 3.63) is 30.5 Å². The number of ether oxygens (including phenoxy) is 2. The molecule has 166 valence electrons. The Hall–Kier alpha value is -2.85. The molecule has 2 aromatic heterocycles. The Labute approximate surface area is 174 Å². The lowest BCUT2D eigenvalue weighted by molar-refractivity contribution is -0.386. The molecule has 0 amide bonds. The van der Waals surface area contributed by atoms with Gasteiger partial charge in [0, 0.05) is 11.1 Å². The van der Waals surface area contributed by atoms with Gasteiger partial charge in [-0.2, -0.15) is 5.21 Å². The van der Waals surface area contributed by atoms with E-state index in [9.17, 15) is 25.5 Å². The van der Waals surface area contributed by atoms with Crippen molar-refractivity contribution in [2.45, 2.75) is 36.9 Å². The zero-order valence-electron chi connectivity index (χ0n) is 16.1. The second kappa shape index (κ2) is 8.72. The number of nitrogens with zero attached hydrogens (tertiary/aromatic N) is 6. The van der Waals surface area contributed by atoms with Gasteiger partial charge in [0.25, 0.3) is 0 Å². The first-order chi connectivity index (χ1) is 14.9. The molecular formula is C17H21N7O7. The number of aromatic amines is 1. The minimum atomic E-state index is -2.80. The Bertz CT molecular complexity index is 975. The van der Waals surface area contributed by atoms with Crippen LogP contribution < -0.4 is 0 Å². The lowest BCUT2D eigenvalue weighted by Gasteiger charge is -2.44. The van der Waals surface area contributed by atoms with Crippen molar-refractivity contribution in [2.75, 3.05) is 13.2 Å². The van der Waals surface area contributed by atoms with Gasteiger partial charge < -0.3 is 35.0 Å². The number of hydrogen-bond acceptors (Lipinski definition) is 12. The first-order valence-corrected chi connectivity index (χ1v) is 9.33. The van der Waals surface area contributed by atoms with Gasteiger partial charge in [-0.05, 0) is 5.21 Å². The minimum absolute atomic E-state index is 0.00994. The van der Waals surface area contributed by atoms with Crippen LogP contribution in [0.1, 0.15) is 0 Å². The Morgan fingerprint density at radius 2 is 1.87 bits per heavy atom. The summed E-state index contributed by atoms with van der Waals surface area (Å²) in [5.74, 6) is -2.32. The fourth-order valence-electron chi connectivity index (χ4n) is 3.12. The quantitative estimate of drug-likeness (QED) is 0.209. The van der Waals surface area contributed by atoms with Gasteiger partial charge in [-0.3, -0.25) is 0 Å². The van der Waals surface area contributed by atoms with Crippen LogP contribution in [-0.2, 0) is 16.0 Å². The van der Waals surface area contributed by atoms with Gasteiger partial charge >= 0.3 is 0 Å². The zero-order chi connectivity index (χ0) is 22.0. The minimum Gasteiger partial charge on any atom is -0.393 e. The van der Waals surface area contributed by atoms with E-state index in [2.05, 4.69) is 30.9 Å². The molecule has 3 aromatic rings. The third-order valence-electron chi connectivity index (χ3n) is 4.90. The van der Waals surface area contributed by atoms with Crippen LogP contribution >= 0.6 is 0 Å². The topological polar surface area (TPSA) is 205 Å². The van der Waals surface area contributed by atoms with Crippen LogP contribution in [0.15, 0.2) is 30.5 Å². The maximum Gasteiger partial charge on any atom is 0.221 e. The third kappa shape index (κ3) is 4.31. The predicted molar refractivity (Wildman–Crippen MR) is 99.5 cm³/mol. The maximum atomic E-state index is 9.98. The first-order valence-electron chi connectivity index (χ1n) is 9.33. The largest absolute Gasteiger partial charge is 0.393 e. The molecule has 1 fully saturated rings. The molecule has 0 aliphatic carbocycles. The highest BCUT2D eigenvalue weighted by molar-refractivity contribution is 5.64. The van der Waals surface area contributed by atoms with E-state index in [-0.39, 0.29) is 13.2 Å². The number of aliphatic hydroxyl groups excluding tert-OH is 3. The van der Waals surface area contributed by atoms with Crippen molar-refractivity contribution >= 4 is 0 Å². The van der Waals surface area contributed by atoms with Crippen LogP contribution in [-0.4, -0.2) is 105 Å². The van der Waals surface area contributed by atoms with Crippen molar-refractivity contribution < 1.29 is 35.0 Å². The molecule has 4 rings (SSSR count).